The molecule has 0 aliphatic rings. The van der Waals surface area contributed by atoms with Gasteiger partial charge >= 0.3 is 6.09 Å². The summed E-state index contributed by atoms with van der Waals surface area (Å²) < 4.78 is 13.4. The molecule has 3 amide bonds. The van der Waals surface area contributed by atoms with E-state index in [9.17, 15) is 18.8 Å². The fourth-order valence-electron chi connectivity index (χ4n) is 3.12. The minimum Gasteiger partial charge on any atom is -0.465 e. The molecule has 164 valence electrons. The number of hydrogen-bond acceptors (Lipinski definition) is 4. The van der Waals surface area contributed by atoms with Gasteiger partial charge in [-0.2, -0.15) is 0 Å². The standard InChI is InChI=1S/C23H21FN4O4/c1-2-17(14-6-4-3-5-7-14)21(29)26-16-9-11-19(25-13-16)22(30)27-18-10-8-15(24)12-20(18)28-23(31)32/h3-13,17,28H,2H2,1H3,(H,26,29)(H,27,30)(H,31,32). The maximum absolute atomic E-state index is 13.4. The fourth-order valence-corrected chi connectivity index (χ4v) is 3.12. The number of rotatable bonds is 7. The van der Waals surface area contributed by atoms with Gasteiger partial charge in [0, 0.05) is 0 Å². The molecule has 0 saturated heterocycles. The zero-order valence-electron chi connectivity index (χ0n) is 17.1. The highest BCUT2D eigenvalue weighted by molar-refractivity contribution is 6.06. The van der Waals surface area contributed by atoms with Crippen molar-refractivity contribution < 1.29 is 23.9 Å². The molecule has 3 rings (SSSR count). The van der Waals surface area contributed by atoms with Gasteiger partial charge in [0.2, 0.25) is 5.91 Å². The lowest BCUT2D eigenvalue weighted by atomic mass is 9.95. The number of hydrogen-bond donors (Lipinski definition) is 4. The number of amides is 3. The van der Waals surface area contributed by atoms with E-state index in [1.165, 1.54) is 18.3 Å². The summed E-state index contributed by atoms with van der Waals surface area (Å²) >= 11 is 0. The SMILES string of the molecule is CCC(C(=O)Nc1ccc(C(=O)Nc2ccc(F)cc2NC(=O)O)nc1)c1ccccc1. The molecule has 9 heteroatoms. The van der Waals surface area contributed by atoms with Crippen LogP contribution in [0.4, 0.5) is 26.2 Å². The van der Waals surface area contributed by atoms with E-state index in [0.29, 0.717) is 12.1 Å². The smallest absolute Gasteiger partial charge is 0.409 e. The van der Waals surface area contributed by atoms with E-state index >= 15 is 0 Å². The molecule has 1 unspecified atom stereocenters. The summed E-state index contributed by atoms with van der Waals surface area (Å²) in [7, 11) is 0. The molecular weight excluding hydrogens is 415 g/mol. The van der Waals surface area contributed by atoms with Crippen LogP contribution in [0.5, 0.6) is 0 Å². The van der Waals surface area contributed by atoms with E-state index in [0.717, 1.165) is 17.7 Å². The van der Waals surface area contributed by atoms with Crippen LogP contribution in [-0.4, -0.2) is 28.0 Å². The second-order valence-corrected chi connectivity index (χ2v) is 6.87. The van der Waals surface area contributed by atoms with Crippen LogP contribution >= 0.6 is 0 Å². The van der Waals surface area contributed by atoms with Crippen molar-refractivity contribution in [3.8, 4) is 0 Å². The van der Waals surface area contributed by atoms with Crippen molar-refractivity contribution in [2.75, 3.05) is 16.0 Å². The molecule has 2 aromatic carbocycles. The minimum absolute atomic E-state index is 0.0312. The van der Waals surface area contributed by atoms with Crippen molar-refractivity contribution >= 4 is 35.0 Å². The van der Waals surface area contributed by atoms with Crippen LogP contribution in [0.1, 0.15) is 35.3 Å². The molecule has 0 bridgehead atoms. The van der Waals surface area contributed by atoms with Crippen LogP contribution in [0.2, 0.25) is 0 Å². The third-order valence-electron chi connectivity index (χ3n) is 4.66. The van der Waals surface area contributed by atoms with Crippen LogP contribution in [0.25, 0.3) is 0 Å². The van der Waals surface area contributed by atoms with Gasteiger partial charge in [-0.1, -0.05) is 37.3 Å². The Labute approximate surface area is 183 Å². The highest BCUT2D eigenvalue weighted by Gasteiger charge is 2.19. The highest BCUT2D eigenvalue weighted by Crippen LogP contribution is 2.24. The lowest BCUT2D eigenvalue weighted by molar-refractivity contribution is -0.117. The molecule has 0 radical (unpaired) electrons. The van der Waals surface area contributed by atoms with E-state index in [1.807, 2.05) is 42.6 Å². The summed E-state index contributed by atoms with van der Waals surface area (Å²) in [6, 6.07) is 15.7. The first-order valence-electron chi connectivity index (χ1n) is 9.80. The second-order valence-electron chi connectivity index (χ2n) is 6.87. The molecule has 0 fully saturated rings. The van der Waals surface area contributed by atoms with Crippen molar-refractivity contribution in [3.05, 3.63) is 83.9 Å². The maximum atomic E-state index is 13.4. The van der Waals surface area contributed by atoms with Gasteiger partial charge in [0.15, 0.2) is 0 Å². The Kier molecular flexibility index (Phi) is 7.12. The van der Waals surface area contributed by atoms with Gasteiger partial charge in [-0.25, -0.2) is 14.2 Å². The van der Waals surface area contributed by atoms with Crippen LogP contribution < -0.4 is 16.0 Å². The molecule has 32 heavy (non-hydrogen) atoms. The predicted molar refractivity (Wildman–Crippen MR) is 118 cm³/mol. The average molecular weight is 436 g/mol. The van der Waals surface area contributed by atoms with Crippen LogP contribution in [0, 0.1) is 5.82 Å². The van der Waals surface area contributed by atoms with Gasteiger partial charge in [0.1, 0.15) is 11.5 Å². The van der Waals surface area contributed by atoms with Crippen molar-refractivity contribution in [3.63, 3.8) is 0 Å². The van der Waals surface area contributed by atoms with Crippen molar-refractivity contribution in [2.24, 2.45) is 0 Å². The summed E-state index contributed by atoms with van der Waals surface area (Å²) in [5.74, 6) is -1.80. The summed E-state index contributed by atoms with van der Waals surface area (Å²) in [5, 5.41) is 16.2. The second kappa shape index (κ2) is 10.2. The fraction of sp³-hybridized carbons (Fsp3) is 0.130. The molecule has 0 spiro atoms. The number of halogens is 1. The molecule has 0 aliphatic carbocycles. The van der Waals surface area contributed by atoms with E-state index in [2.05, 4.69) is 15.6 Å². The van der Waals surface area contributed by atoms with Crippen LogP contribution in [0.15, 0.2) is 66.9 Å². The topological polar surface area (TPSA) is 120 Å². The molecular formula is C23H21FN4O4. The van der Waals surface area contributed by atoms with Crippen molar-refractivity contribution in [2.45, 2.75) is 19.3 Å². The first kappa shape index (κ1) is 22.4. The third-order valence-corrected chi connectivity index (χ3v) is 4.66. The number of carbonyl (C=O) groups excluding carboxylic acids is 2. The maximum Gasteiger partial charge on any atom is 0.409 e. The Morgan fingerprint density at radius 3 is 2.34 bits per heavy atom. The third kappa shape index (κ3) is 5.66. The number of carbonyl (C=O) groups is 3. The molecule has 0 saturated carbocycles. The van der Waals surface area contributed by atoms with E-state index < -0.39 is 17.8 Å². The molecule has 3 aromatic rings. The molecule has 8 nitrogen and oxygen atoms in total. The molecule has 1 aromatic heterocycles. The van der Waals surface area contributed by atoms with Crippen LogP contribution in [0.3, 0.4) is 0 Å². The molecule has 4 N–H and O–H groups in total. The number of anilines is 3. The van der Waals surface area contributed by atoms with Crippen LogP contribution in [-0.2, 0) is 4.79 Å². The van der Waals surface area contributed by atoms with Gasteiger partial charge in [0.05, 0.1) is 29.2 Å². The average Bonchev–Trinajstić information content (AvgIpc) is 2.77. The number of carboxylic acid groups (broad SMARTS) is 1. The quantitative estimate of drug-likeness (QED) is 0.428. The summed E-state index contributed by atoms with van der Waals surface area (Å²) in [5.41, 5.74) is 1.33. The van der Waals surface area contributed by atoms with E-state index in [1.54, 1.807) is 6.07 Å². The molecule has 0 aliphatic heterocycles. The first-order chi connectivity index (χ1) is 15.4. The Morgan fingerprint density at radius 2 is 1.72 bits per heavy atom. The lowest BCUT2D eigenvalue weighted by Crippen LogP contribution is -2.21. The minimum atomic E-state index is -1.40. The van der Waals surface area contributed by atoms with Gasteiger partial charge in [-0.05, 0) is 42.3 Å². The number of nitrogens with zero attached hydrogens (tertiary/aromatic N) is 1. The highest BCUT2D eigenvalue weighted by atomic mass is 19.1. The molecule has 1 atom stereocenters. The number of nitrogens with one attached hydrogen (secondary N) is 3. The van der Waals surface area contributed by atoms with Gasteiger partial charge in [-0.15, -0.1) is 0 Å². The summed E-state index contributed by atoms with van der Waals surface area (Å²) in [4.78, 5) is 40.1. The van der Waals surface area contributed by atoms with Gasteiger partial charge < -0.3 is 15.7 Å². The summed E-state index contributed by atoms with van der Waals surface area (Å²) in [6.07, 6.45) is 0.574. The zero-order chi connectivity index (χ0) is 23.1. The Hall–Kier alpha value is -4.27. The predicted octanol–water partition coefficient (Wildman–Crippen LogP) is 4.70. The lowest BCUT2D eigenvalue weighted by Gasteiger charge is -2.15. The molecule has 1 heterocycles. The number of benzene rings is 2. The first-order valence-corrected chi connectivity index (χ1v) is 9.80. The van der Waals surface area contributed by atoms with Crippen molar-refractivity contribution in [1.29, 1.82) is 0 Å². The van der Waals surface area contributed by atoms with Gasteiger partial charge in [0.25, 0.3) is 5.91 Å². The summed E-state index contributed by atoms with van der Waals surface area (Å²) in [6.45, 7) is 1.92. The van der Waals surface area contributed by atoms with Crippen molar-refractivity contribution in [1.82, 2.24) is 4.98 Å². The largest absolute Gasteiger partial charge is 0.465 e. The Morgan fingerprint density at radius 1 is 0.969 bits per heavy atom. The van der Waals surface area contributed by atoms with E-state index in [4.69, 9.17) is 5.11 Å². The Bertz CT molecular complexity index is 1120. The normalized spacial score (nSPS) is 11.3. The zero-order valence-corrected chi connectivity index (χ0v) is 17.1. The van der Waals surface area contributed by atoms with Gasteiger partial charge in [-0.3, -0.25) is 14.9 Å². The monoisotopic (exact) mass is 436 g/mol. The Balaban J connectivity index is 1.68. The number of aromatic nitrogens is 1. The number of pyridine rings is 1. The van der Waals surface area contributed by atoms with E-state index in [-0.39, 0.29) is 28.9 Å².